The van der Waals surface area contributed by atoms with Crippen LogP contribution in [0.2, 0.25) is 0 Å². The number of aryl methyl sites for hydroxylation is 1. The number of amides is 2. The van der Waals surface area contributed by atoms with Gasteiger partial charge in [0.15, 0.2) is 5.82 Å². The number of aromatic nitrogens is 5. The molecule has 1 aliphatic heterocycles. The molecule has 4 heterocycles. The van der Waals surface area contributed by atoms with Gasteiger partial charge in [0.2, 0.25) is 5.91 Å². The normalized spacial score (nSPS) is 12.8. The van der Waals surface area contributed by atoms with E-state index in [9.17, 15) is 9.59 Å². The number of benzene rings is 2. The van der Waals surface area contributed by atoms with Crippen LogP contribution in [0.25, 0.3) is 33.5 Å². The van der Waals surface area contributed by atoms with Crippen LogP contribution in [0.5, 0.6) is 0 Å². The molecule has 0 bridgehead atoms. The lowest BCUT2D eigenvalue weighted by atomic mass is 10.0. The molecule has 2 amide bonds. The summed E-state index contributed by atoms with van der Waals surface area (Å²) in [5.41, 5.74) is 6.93. The standard InChI is InChI=1S/C31H29N7O2/c1-32-29(39)8-4-5-20-9-11-21(12-10-20)26-16-27(37-36-26)31(40)38-14-13-23-17-34-30(35-28(23)19-38)24-15-22-6-2-3-7-25(22)33-18-24/h2-3,6-7,9-12,15-18H,4-5,8,13-14,19H2,1H3,(H,32,39)(H,36,37). The lowest BCUT2D eigenvalue weighted by Crippen LogP contribution is -2.36. The minimum absolute atomic E-state index is 0.0534. The Labute approximate surface area is 231 Å². The fourth-order valence-corrected chi connectivity index (χ4v) is 4.98. The highest BCUT2D eigenvalue weighted by Gasteiger charge is 2.25. The first-order valence-corrected chi connectivity index (χ1v) is 13.4. The van der Waals surface area contributed by atoms with Crippen molar-refractivity contribution in [3.63, 3.8) is 0 Å². The fourth-order valence-electron chi connectivity index (χ4n) is 4.98. The number of nitrogens with one attached hydrogen (secondary N) is 2. The van der Waals surface area contributed by atoms with E-state index in [1.807, 2.05) is 60.8 Å². The number of rotatable bonds is 7. The highest BCUT2D eigenvalue weighted by atomic mass is 16.2. The van der Waals surface area contributed by atoms with Gasteiger partial charge in [-0.25, -0.2) is 9.97 Å². The van der Waals surface area contributed by atoms with Crippen molar-refractivity contribution < 1.29 is 9.59 Å². The summed E-state index contributed by atoms with van der Waals surface area (Å²) in [6.45, 7) is 0.995. The molecule has 3 aromatic heterocycles. The average Bonchev–Trinajstić information content (AvgIpc) is 3.50. The molecule has 2 aromatic carbocycles. The molecule has 1 aliphatic rings. The van der Waals surface area contributed by atoms with E-state index in [-0.39, 0.29) is 11.8 Å². The maximum Gasteiger partial charge on any atom is 0.272 e. The summed E-state index contributed by atoms with van der Waals surface area (Å²) < 4.78 is 0. The van der Waals surface area contributed by atoms with E-state index in [2.05, 4.69) is 25.5 Å². The molecule has 0 radical (unpaired) electrons. The second-order valence-corrected chi connectivity index (χ2v) is 9.95. The van der Waals surface area contributed by atoms with Crippen LogP contribution in [0, 0.1) is 0 Å². The quantitative estimate of drug-likeness (QED) is 0.323. The number of hydrogen-bond donors (Lipinski definition) is 2. The third-order valence-electron chi connectivity index (χ3n) is 7.29. The second-order valence-electron chi connectivity index (χ2n) is 9.95. The summed E-state index contributed by atoms with van der Waals surface area (Å²) >= 11 is 0. The third-order valence-corrected chi connectivity index (χ3v) is 7.29. The number of nitrogens with zero attached hydrogens (tertiary/aromatic N) is 5. The Hall–Kier alpha value is -4.92. The number of pyridine rings is 1. The smallest absolute Gasteiger partial charge is 0.272 e. The minimum Gasteiger partial charge on any atom is -0.359 e. The van der Waals surface area contributed by atoms with Gasteiger partial charge in [-0.2, -0.15) is 5.10 Å². The van der Waals surface area contributed by atoms with Gasteiger partial charge in [-0.3, -0.25) is 19.7 Å². The summed E-state index contributed by atoms with van der Waals surface area (Å²) in [5.74, 6) is 0.549. The molecule has 0 fully saturated rings. The van der Waals surface area contributed by atoms with Gasteiger partial charge < -0.3 is 10.2 Å². The summed E-state index contributed by atoms with van der Waals surface area (Å²) in [6, 6.07) is 19.9. The van der Waals surface area contributed by atoms with Gasteiger partial charge in [-0.15, -0.1) is 0 Å². The number of fused-ring (bicyclic) bond motifs is 2. The van der Waals surface area contributed by atoms with Gasteiger partial charge in [-0.1, -0.05) is 42.5 Å². The van der Waals surface area contributed by atoms with Crippen LogP contribution in [-0.4, -0.2) is 55.5 Å². The molecule has 0 unspecified atom stereocenters. The number of carbonyl (C=O) groups is 2. The van der Waals surface area contributed by atoms with E-state index in [0.717, 1.165) is 51.7 Å². The number of H-pyrrole nitrogens is 1. The van der Waals surface area contributed by atoms with E-state index in [1.165, 1.54) is 0 Å². The van der Waals surface area contributed by atoms with E-state index in [1.54, 1.807) is 24.2 Å². The van der Waals surface area contributed by atoms with Crippen molar-refractivity contribution in [2.45, 2.75) is 32.2 Å². The Balaban J connectivity index is 1.14. The van der Waals surface area contributed by atoms with E-state index >= 15 is 0 Å². The Morgan fingerprint density at radius 1 is 1.00 bits per heavy atom. The molecule has 40 heavy (non-hydrogen) atoms. The molecule has 200 valence electrons. The summed E-state index contributed by atoms with van der Waals surface area (Å²) in [7, 11) is 1.65. The van der Waals surface area contributed by atoms with Crippen LogP contribution in [0.3, 0.4) is 0 Å². The van der Waals surface area contributed by atoms with Gasteiger partial charge in [0.25, 0.3) is 5.91 Å². The molecule has 0 aliphatic carbocycles. The first kappa shape index (κ1) is 25.4. The van der Waals surface area contributed by atoms with Gasteiger partial charge in [0.1, 0.15) is 5.69 Å². The molecule has 0 saturated heterocycles. The van der Waals surface area contributed by atoms with Gasteiger partial charge in [-0.05, 0) is 48.6 Å². The maximum absolute atomic E-state index is 13.4. The molecule has 0 spiro atoms. The highest BCUT2D eigenvalue weighted by molar-refractivity contribution is 5.93. The molecule has 6 rings (SSSR count). The Morgan fingerprint density at radius 2 is 1.85 bits per heavy atom. The lowest BCUT2D eigenvalue weighted by molar-refractivity contribution is -0.120. The Kier molecular flexibility index (Phi) is 7.01. The SMILES string of the molecule is CNC(=O)CCCc1ccc(-c2cc(C(=O)N3CCc4cnc(-c5cnc6ccccc6c5)nc4C3)[nH]n2)cc1. The first-order valence-electron chi connectivity index (χ1n) is 13.4. The molecular formula is C31H29N7O2. The molecule has 9 nitrogen and oxygen atoms in total. The zero-order chi connectivity index (χ0) is 27.5. The monoisotopic (exact) mass is 531 g/mol. The largest absolute Gasteiger partial charge is 0.359 e. The number of hydrogen-bond acceptors (Lipinski definition) is 6. The number of para-hydroxylation sites is 1. The van der Waals surface area contributed by atoms with Gasteiger partial charge in [0, 0.05) is 48.9 Å². The topological polar surface area (TPSA) is 117 Å². The van der Waals surface area contributed by atoms with Crippen LogP contribution in [-0.2, 0) is 24.2 Å². The number of carbonyl (C=O) groups excluding carboxylic acids is 2. The van der Waals surface area contributed by atoms with E-state index in [0.29, 0.717) is 43.1 Å². The predicted molar refractivity (Wildman–Crippen MR) is 152 cm³/mol. The molecule has 9 heteroatoms. The van der Waals surface area contributed by atoms with Crippen molar-refractivity contribution in [1.82, 2.24) is 35.4 Å². The summed E-state index contributed by atoms with van der Waals surface area (Å²) in [6.07, 6.45) is 6.49. The van der Waals surface area contributed by atoms with Crippen LogP contribution in [0.1, 0.15) is 40.2 Å². The highest BCUT2D eigenvalue weighted by Crippen LogP contribution is 2.25. The van der Waals surface area contributed by atoms with Crippen molar-refractivity contribution in [2.24, 2.45) is 0 Å². The van der Waals surface area contributed by atoms with Gasteiger partial charge >= 0.3 is 0 Å². The lowest BCUT2D eigenvalue weighted by Gasteiger charge is -2.27. The zero-order valence-electron chi connectivity index (χ0n) is 22.2. The van der Waals surface area contributed by atoms with Crippen LogP contribution in [0.15, 0.2) is 73.1 Å². The van der Waals surface area contributed by atoms with Crippen molar-refractivity contribution in [1.29, 1.82) is 0 Å². The van der Waals surface area contributed by atoms with Crippen molar-refractivity contribution in [2.75, 3.05) is 13.6 Å². The Bertz CT molecular complexity index is 1690. The van der Waals surface area contributed by atoms with Gasteiger partial charge in [0.05, 0.1) is 23.4 Å². The Morgan fingerprint density at radius 3 is 2.70 bits per heavy atom. The fraction of sp³-hybridized carbons (Fsp3) is 0.226. The second kappa shape index (κ2) is 11.1. The molecule has 0 saturated carbocycles. The van der Waals surface area contributed by atoms with E-state index < -0.39 is 0 Å². The minimum atomic E-state index is -0.109. The van der Waals surface area contributed by atoms with Crippen molar-refractivity contribution >= 4 is 22.7 Å². The zero-order valence-corrected chi connectivity index (χ0v) is 22.2. The molecule has 0 atom stereocenters. The first-order chi connectivity index (χ1) is 19.6. The third kappa shape index (κ3) is 5.31. The van der Waals surface area contributed by atoms with Crippen LogP contribution in [0.4, 0.5) is 0 Å². The van der Waals surface area contributed by atoms with Crippen molar-refractivity contribution in [3.05, 3.63) is 95.6 Å². The maximum atomic E-state index is 13.4. The number of aromatic amines is 1. The van der Waals surface area contributed by atoms with Crippen molar-refractivity contribution in [3.8, 4) is 22.6 Å². The predicted octanol–water partition coefficient (Wildman–Crippen LogP) is 4.35. The molecular weight excluding hydrogens is 502 g/mol. The van der Waals surface area contributed by atoms with Crippen LogP contribution >= 0.6 is 0 Å². The molecule has 2 N–H and O–H groups in total. The molecule has 5 aromatic rings. The average molecular weight is 532 g/mol. The van der Waals surface area contributed by atoms with Crippen LogP contribution < -0.4 is 5.32 Å². The summed E-state index contributed by atoms with van der Waals surface area (Å²) in [4.78, 5) is 40.5. The van der Waals surface area contributed by atoms with E-state index in [4.69, 9.17) is 4.98 Å². The summed E-state index contributed by atoms with van der Waals surface area (Å²) in [5, 5.41) is 11.0.